The summed E-state index contributed by atoms with van der Waals surface area (Å²) in [4.78, 5) is 13.1. The second-order valence-corrected chi connectivity index (χ2v) is 9.03. The van der Waals surface area contributed by atoms with Gasteiger partial charge in [0, 0.05) is 18.3 Å². The second-order valence-electron chi connectivity index (χ2n) is 9.03. The maximum absolute atomic E-state index is 13.1. The Bertz CT molecular complexity index is 1150. The molecule has 1 amide bonds. The zero-order valence-corrected chi connectivity index (χ0v) is 19.2. The standard InChI is InChI=1S/C24H29N5O4/c1-16(2)10-20(23(31)26-21-8-9-28(27-21)15-24(3,4)32)29-14-19(12-22(29)30)33-18-7-5-6-17(11-18)13-25/h5-9,11-12,14,16,20,30,32H,10,15H2,1-4H3,(H,26,27,31)/t20-/m0/s1. The number of nitriles is 1. The van der Waals surface area contributed by atoms with E-state index in [0.29, 0.717) is 29.3 Å². The van der Waals surface area contributed by atoms with E-state index in [1.807, 2.05) is 13.8 Å². The Labute approximate surface area is 192 Å². The first-order chi connectivity index (χ1) is 15.5. The Morgan fingerprint density at radius 3 is 2.70 bits per heavy atom. The number of ether oxygens (including phenoxy) is 1. The first kappa shape index (κ1) is 23.9. The van der Waals surface area contributed by atoms with Gasteiger partial charge in [0.2, 0.25) is 5.91 Å². The van der Waals surface area contributed by atoms with Gasteiger partial charge in [0.1, 0.15) is 17.5 Å². The number of benzene rings is 1. The van der Waals surface area contributed by atoms with Gasteiger partial charge in [-0.25, -0.2) is 0 Å². The fraction of sp³-hybridized carbons (Fsp3) is 0.375. The molecule has 9 nitrogen and oxygen atoms in total. The highest BCUT2D eigenvalue weighted by Gasteiger charge is 2.26. The number of carbonyl (C=O) groups excluding carboxylic acids is 1. The van der Waals surface area contributed by atoms with E-state index in [1.54, 1.807) is 61.3 Å². The molecule has 0 aliphatic carbocycles. The van der Waals surface area contributed by atoms with Crippen LogP contribution in [-0.4, -0.2) is 36.1 Å². The molecule has 174 valence electrons. The number of hydrogen-bond acceptors (Lipinski definition) is 6. The van der Waals surface area contributed by atoms with E-state index in [-0.39, 0.29) is 24.2 Å². The fourth-order valence-electron chi connectivity index (χ4n) is 3.43. The summed E-state index contributed by atoms with van der Waals surface area (Å²) >= 11 is 0. The molecular weight excluding hydrogens is 422 g/mol. The Balaban J connectivity index is 1.79. The third kappa shape index (κ3) is 6.60. The highest BCUT2D eigenvalue weighted by Crippen LogP contribution is 2.32. The molecule has 1 aromatic carbocycles. The Morgan fingerprint density at radius 2 is 2.03 bits per heavy atom. The van der Waals surface area contributed by atoms with E-state index >= 15 is 0 Å². The average Bonchev–Trinajstić information content (AvgIpc) is 3.30. The zero-order valence-electron chi connectivity index (χ0n) is 19.2. The summed E-state index contributed by atoms with van der Waals surface area (Å²) in [5, 5.41) is 36.6. The van der Waals surface area contributed by atoms with Gasteiger partial charge in [0.15, 0.2) is 11.7 Å². The van der Waals surface area contributed by atoms with Gasteiger partial charge in [-0.1, -0.05) is 19.9 Å². The predicted octanol–water partition coefficient (Wildman–Crippen LogP) is 4.05. The molecule has 1 atom stereocenters. The van der Waals surface area contributed by atoms with E-state index < -0.39 is 11.6 Å². The summed E-state index contributed by atoms with van der Waals surface area (Å²) in [7, 11) is 0. The van der Waals surface area contributed by atoms with Gasteiger partial charge in [0.05, 0.1) is 30.0 Å². The van der Waals surface area contributed by atoms with Crippen LogP contribution < -0.4 is 10.1 Å². The summed E-state index contributed by atoms with van der Waals surface area (Å²) < 4.78 is 8.80. The largest absolute Gasteiger partial charge is 0.494 e. The molecule has 0 aliphatic rings. The minimum atomic E-state index is -0.937. The maximum atomic E-state index is 13.1. The zero-order chi connectivity index (χ0) is 24.2. The monoisotopic (exact) mass is 451 g/mol. The molecule has 33 heavy (non-hydrogen) atoms. The number of rotatable bonds is 9. The van der Waals surface area contributed by atoms with Crippen LogP contribution in [0.2, 0.25) is 0 Å². The van der Waals surface area contributed by atoms with Gasteiger partial charge in [-0.05, 0) is 44.4 Å². The minimum Gasteiger partial charge on any atom is -0.494 e. The van der Waals surface area contributed by atoms with Crippen molar-refractivity contribution in [3.05, 3.63) is 54.4 Å². The SMILES string of the molecule is CC(C)C[C@@H](C(=O)Nc1ccn(CC(C)(C)O)n1)n1cc(Oc2cccc(C#N)c2)cc1O. The molecule has 3 aromatic rings. The fourth-order valence-corrected chi connectivity index (χ4v) is 3.43. The van der Waals surface area contributed by atoms with Crippen molar-refractivity contribution in [2.24, 2.45) is 5.92 Å². The topological polar surface area (TPSA) is 125 Å². The van der Waals surface area contributed by atoms with Gasteiger partial charge < -0.3 is 24.8 Å². The Morgan fingerprint density at radius 1 is 1.27 bits per heavy atom. The summed E-state index contributed by atoms with van der Waals surface area (Å²) in [6.07, 6.45) is 3.72. The molecule has 2 heterocycles. The van der Waals surface area contributed by atoms with Crippen LogP contribution in [-0.2, 0) is 11.3 Å². The lowest BCUT2D eigenvalue weighted by molar-refractivity contribution is -0.119. The molecule has 0 unspecified atom stereocenters. The van der Waals surface area contributed by atoms with Gasteiger partial charge in [-0.3, -0.25) is 9.48 Å². The van der Waals surface area contributed by atoms with Crippen molar-refractivity contribution in [2.75, 3.05) is 5.32 Å². The lowest BCUT2D eigenvalue weighted by atomic mass is 10.0. The highest BCUT2D eigenvalue weighted by molar-refractivity contribution is 5.93. The molecule has 2 aromatic heterocycles. The van der Waals surface area contributed by atoms with Crippen LogP contribution in [0.1, 0.15) is 45.7 Å². The van der Waals surface area contributed by atoms with Crippen LogP contribution in [0.3, 0.4) is 0 Å². The molecule has 0 fully saturated rings. The molecular formula is C24H29N5O4. The van der Waals surface area contributed by atoms with Crippen LogP contribution in [0.4, 0.5) is 5.82 Å². The number of aliphatic hydroxyl groups is 1. The lowest BCUT2D eigenvalue weighted by Gasteiger charge is -2.20. The normalized spacial score (nSPS) is 12.4. The summed E-state index contributed by atoms with van der Waals surface area (Å²) in [6.45, 7) is 7.62. The summed E-state index contributed by atoms with van der Waals surface area (Å²) in [5.41, 5.74) is -0.481. The van der Waals surface area contributed by atoms with Crippen LogP contribution >= 0.6 is 0 Å². The summed E-state index contributed by atoms with van der Waals surface area (Å²) in [6, 6.07) is 11.1. The quantitative estimate of drug-likeness (QED) is 0.451. The van der Waals surface area contributed by atoms with Gasteiger partial charge in [-0.15, -0.1) is 0 Å². The molecule has 0 saturated carbocycles. The number of aromatic hydroxyl groups is 1. The van der Waals surface area contributed by atoms with E-state index in [9.17, 15) is 15.0 Å². The predicted molar refractivity (Wildman–Crippen MR) is 123 cm³/mol. The third-order valence-corrected chi connectivity index (χ3v) is 4.78. The molecule has 3 rings (SSSR count). The van der Waals surface area contributed by atoms with Crippen molar-refractivity contribution in [3.8, 4) is 23.4 Å². The van der Waals surface area contributed by atoms with E-state index in [4.69, 9.17) is 10.00 Å². The molecule has 0 bridgehead atoms. The highest BCUT2D eigenvalue weighted by atomic mass is 16.5. The maximum Gasteiger partial charge on any atom is 0.248 e. The van der Waals surface area contributed by atoms with Crippen molar-refractivity contribution in [1.29, 1.82) is 5.26 Å². The van der Waals surface area contributed by atoms with E-state index in [0.717, 1.165) is 0 Å². The van der Waals surface area contributed by atoms with Crippen LogP contribution in [0.25, 0.3) is 0 Å². The van der Waals surface area contributed by atoms with Crippen molar-refractivity contribution >= 4 is 11.7 Å². The van der Waals surface area contributed by atoms with E-state index in [2.05, 4.69) is 16.5 Å². The van der Waals surface area contributed by atoms with Crippen molar-refractivity contribution in [1.82, 2.24) is 14.3 Å². The second kappa shape index (κ2) is 9.79. The average molecular weight is 452 g/mol. The third-order valence-electron chi connectivity index (χ3n) is 4.78. The van der Waals surface area contributed by atoms with Crippen LogP contribution in [0.5, 0.6) is 17.4 Å². The van der Waals surface area contributed by atoms with Gasteiger partial charge >= 0.3 is 0 Å². The number of carbonyl (C=O) groups is 1. The number of amides is 1. The molecule has 0 radical (unpaired) electrons. The molecule has 9 heteroatoms. The van der Waals surface area contributed by atoms with E-state index in [1.165, 1.54) is 10.6 Å². The van der Waals surface area contributed by atoms with Crippen LogP contribution in [0, 0.1) is 17.2 Å². The number of hydrogen-bond donors (Lipinski definition) is 3. The Kier molecular flexibility index (Phi) is 7.09. The number of nitrogens with one attached hydrogen (secondary N) is 1. The molecule has 0 spiro atoms. The molecule has 0 aliphatic heterocycles. The smallest absolute Gasteiger partial charge is 0.248 e. The molecule has 0 saturated heterocycles. The van der Waals surface area contributed by atoms with Crippen molar-refractivity contribution in [2.45, 2.75) is 52.3 Å². The number of aromatic nitrogens is 3. The minimum absolute atomic E-state index is 0.116. The van der Waals surface area contributed by atoms with Gasteiger partial charge in [0.25, 0.3) is 0 Å². The number of nitrogens with zero attached hydrogens (tertiary/aromatic N) is 4. The Hall–Kier alpha value is -3.77. The van der Waals surface area contributed by atoms with Crippen LogP contribution in [0.15, 0.2) is 48.8 Å². The molecule has 3 N–H and O–H groups in total. The lowest BCUT2D eigenvalue weighted by Crippen LogP contribution is -2.28. The van der Waals surface area contributed by atoms with Crippen molar-refractivity contribution in [3.63, 3.8) is 0 Å². The first-order valence-electron chi connectivity index (χ1n) is 10.7. The number of anilines is 1. The van der Waals surface area contributed by atoms with Crippen molar-refractivity contribution < 1.29 is 19.7 Å². The van der Waals surface area contributed by atoms with Gasteiger partial charge in [-0.2, -0.15) is 10.4 Å². The summed E-state index contributed by atoms with van der Waals surface area (Å²) in [5.74, 6) is 0.879. The first-order valence-corrected chi connectivity index (χ1v) is 10.7.